The highest BCUT2D eigenvalue weighted by Gasteiger charge is 1.81. The van der Waals surface area contributed by atoms with Crippen LogP contribution in [0.2, 0.25) is 0 Å². The molecular formula is C11H19NO3. The van der Waals surface area contributed by atoms with Crippen LogP contribution >= 0.6 is 0 Å². The topological polar surface area (TPSA) is 59.4 Å². The van der Waals surface area contributed by atoms with Gasteiger partial charge in [-0.05, 0) is 26.0 Å². The van der Waals surface area contributed by atoms with E-state index in [9.17, 15) is 4.79 Å². The molecule has 1 N–H and O–H groups in total. The van der Waals surface area contributed by atoms with Crippen LogP contribution in [0.3, 0.4) is 0 Å². The Kier molecular flexibility index (Phi) is 16.1. The lowest BCUT2D eigenvalue weighted by Crippen LogP contribution is -1.95. The first-order chi connectivity index (χ1) is 7.18. The molecule has 0 aromatic carbocycles. The number of nitrogens with zero attached hydrogens (tertiary/aromatic N) is 1. The van der Waals surface area contributed by atoms with Gasteiger partial charge in [-0.1, -0.05) is 6.07 Å². The molecule has 1 heterocycles. The minimum absolute atomic E-state index is 0.211. The van der Waals surface area contributed by atoms with E-state index >= 15 is 0 Å². The molecule has 15 heavy (non-hydrogen) atoms. The molecular weight excluding hydrogens is 194 g/mol. The van der Waals surface area contributed by atoms with Crippen LogP contribution in [-0.2, 0) is 9.53 Å². The minimum Gasteiger partial charge on any atom is -0.466 e. The van der Waals surface area contributed by atoms with Gasteiger partial charge in [-0.2, -0.15) is 0 Å². The average Bonchev–Trinajstić information content (AvgIpc) is 2.22. The van der Waals surface area contributed by atoms with Crippen LogP contribution in [0.25, 0.3) is 0 Å². The first-order valence-electron chi connectivity index (χ1n) is 4.78. The Balaban J connectivity index is 0. The van der Waals surface area contributed by atoms with E-state index in [1.165, 1.54) is 6.92 Å². The number of aliphatic hydroxyl groups excluding tert-OH is 1. The molecule has 0 saturated heterocycles. The summed E-state index contributed by atoms with van der Waals surface area (Å²) in [5.41, 5.74) is 0. The van der Waals surface area contributed by atoms with Gasteiger partial charge >= 0.3 is 5.97 Å². The van der Waals surface area contributed by atoms with Crippen molar-refractivity contribution in [1.82, 2.24) is 4.98 Å². The van der Waals surface area contributed by atoms with Crippen LogP contribution in [-0.4, -0.2) is 29.3 Å². The van der Waals surface area contributed by atoms with Crippen molar-refractivity contribution in [2.45, 2.75) is 20.8 Å². The average molecular weight is 213 g/mol. The number of aliphatic hydroxyl groups is 1. The molecule has 0 amide bonds. The summed E-state index contributed by atoms with van der Waals surface area (Å²) in [7, 11) is 0. The second kappa shape index (κ2) is 15.1. The van der Waals surface area contributed by atoms with E-state index in [-0.39, 0.29) is 12.6 Å². The number of aromatic nitrogens is 1. The third kappa shape index (κ3) is 24.5. The number of hydrogen-bond donors (Lipinski definition) is 1. The molecule has 0 fully saturated rings. The number of rotatable bonds is 1. The molecule has 1 rings (SSSR count). The normalized spacial score (nSPS) is 7.47. The van der Waals surface area contributed by atoms with Crippen molar-refractivity contribution in [2.24, 2.45) is 0 Å². The predicted octanol–water partition coefficient (Wildman–Crippen LogP) is 1.65. The number of esters is 1. The SMILES string of the molecule is CCO.CCOC(C)=O.c1ccncc1. The number of carbonyl (C=O) groups is 1. The standard InChI is InChI=1S/C5H5N.C4H8O2.C2H6O/c1-2-4-6-5-3-1;1-3-6-4(2)5;1-2-3/h1-5H;3H2,1-2H3;3H,2H2,1H3. The maximum Gasteiger partial charge on any atom is 0.302 e. The molecule has 86 valence electrons. The highest BCUT2D eigenvalue weighted by Crippen LogP contribution is 1.73. The van der Waals surface area contributed by atoms with Crippen molar-refractivity contribution < 1.29 is 14.6 Å². The monoisotopic (exact) mass is 213 g/mol. The van der Waals surface area contributed by atoms with Gasteiger partial charge in [0.1, 0.15) is 0 Å². The Morgan fingerprint density at radius 3 is 1.80 bits per heavy atom. The Bertz CT molecular complexity index is 188. The molecule has 0 aliphatic carbocycles. The van der Waals surface area contributed by atoms with Crippen molar-refractivity contribution in [3.8, 4) is 0 Å². The maximum atomic E-state index is 9.82. The summed E-state index contributed by atoms with van der Waals surface area (Å²) in [4.78, 5) is 13.6. The second-order valence-electron chi connectivity index (χ2n) is 2.27. The van der Waals surface area contributed by atoms with Gasteiger partial charge in [0.2, 0.25) is 0 Å². The Hall–Kier alpha value is -1.42. The molecule has 0 aliphatic heterocycles. The zero-order valence-corrected chi connectivity index (χ0v) is 9.51. The molecule has 0 spiro atoms. The van der Waals surface area contributed by atoms with Gasteiger partial charge in [-0.15, -0.1) is 0 Å². The molecule has 1 aromatic heterocycles. The van der Waals surface area contributed by atoms with Gasteiger partial charge in [0, 0.05) is 25.9 Å². The van der Waals surface area contributed by atoms with Gasteiger partial charge in [-0.25, -0.2) is 0 Å². The van der Waals surface area contributed by atoms with Gasteiger partial charge < -0.3 is 9.84 Å². The van der Waals surface area contributed by atoms with E-state index in [2.05, 4.69) is 9.72 Å². The molecule has 0 aliphatic rings. The van der Waals surface area contributed by atoms with Crippen LogP contribution < -0.4 is 0 Å². The van der Waals surface area contributed by atoms with Crippen LogP contribution in [0.4, 0.5) is 0 Å². The second-order valence-corrected chi connectivity index (χ2v) is 2.27. The van der Waals surface area contributed by atoms with Crippen molar-refractivity contribution in [1.29, 1.82) is 0 Å². The fraction of sp³-hybridized carbons (Fsp3) is 0.455. The summed E-state index contributed by atoms with van der Waals surface area (Å²) in [5, 5.41) is 7.57. The zero-order chi connectivity index (χ0) is 11.9. The maximum absolute atomic E-state index is 9.82. The summed E-state index contributed by atoms with van der Waals surface area (Å²) in [6.45, 7) is 5.58. The summed E-state index contributed by atoms with van der Waals surface area (Å²) in [6, 6.07) is 5.72. The van der Waals surface area contributed by atoms with E-state index < -0.39 is 0 Å². The first-order valence-corrected chi connectivity index (χ1v) is 4.78. The zero-order valence-electron chi connectivity index (χ0n) is 9.51. The largest absolute Gasteiger partial charge is 0.466 e. The first kappa shape index (κ1) is 16.0. The smallest absolute Gasteiger partial charge is 0.302 e. The van der Waals surface area contributed by atoms with Gasteiger partial charge in [0.25, 0.3) is 0 Å². The van der Waals surface area contributed by atoms with E-state index in [1.807, 2.05) is 18.2 Å². The van der Waals surface area contributed by atoms with Crippen molar-refractivity contribution in [3.63, 3.8) is 0 Å². The van der Waals surface area contributed by atoms with Crippen molar-refractivity contribution in [2.75, 3.05) is 13.2 Å². The van der Waals surface area contributed by atoms with E-state index in [1.54, 1.807) is 26.2 Å². The number of pyridine rings is 1. The molecule has 0 radical (unpaired) electrons. The summed E-state index contributed by atoms with van der Waals surface area (Å²) >= 11 is 0. The number of ether oxygens (including phenoxy) is 1. The third-order valence-electron chi connectivity index (χ3n) is 0.914. The summed E-state index contributed by atoms with van der Waals surface area (Å²) in [6.07, 6.45) is 3.50. The molecule has 0 unspecified atom stereocenters. The highest BCUT2D eigenvalue weighted by molar-refractivity contribution is 5.65. The van der Waals surface area contributed by atoms with E-state index in [0.29, 0.717) is 6.61 Å². The fourth-order valence-electron chi connectivity index (χ4n) is 0.516. The van der Waals surface area contributed by atoms with E-state index in [0.717, 1.165) is 0 Å². The Labute approximate surface area is 90.9 Å². The predicted molar refractivity (Wildman–Crippen MR) is 59.3 cm³/mol. The number of hydrogen-bond acceptors (Lipinski definition) is 4. The van der Waals surface area contributed by atoms with E-state index in [4.69, 9.17) is 5.11 Å². The molecule has 4 heteroatoms. The van der Waals surface area contributed by atoms with Crippen molar-refractivity contribution >= 4 is 5.97 Å². The minimum atomic E-state index is -0.211. The fourth-order valence-corrected chi connectivity index (χ4v) is 0.516. The van der Waals surface area contributed by atoms with Gasteiger partial charge in [0.05, 0.1) is 6.61 Å². The Morgan fingerprint density at radius 2 is 1.73 bits per heavy atom. The highest BCUT2D eigenvalue weighted by atomic mass is 16.5. The third-order valence-corrected chi connectivity index (χ3v) is 0.914. The lowest BCUT2D eigenvalue weighted by atomic mass is 10.5. The quantitative estimate of drug-likeness (QED) is 0.720. The molecule has 0 bridgehead atoms. The van der Waals surface area contributed by atoms with Crippen LogP contribution in [0.15, 0.2) is 30.6 Å². The summed E-state index contributed by atoms with van der Waals surface area (Å²) < 4.78 is 4.40. The molecule has 0 atom stereocenters. The van der Waals surface area contributed by atoms with Gasteiger partial charge in [-0.3, -0.25) is 9.78 Å². The lowest BCUT2D eigenvalue weighted by Gasteiger charge is -1.89. The number of carbonyl (C=O) groups excluding carboxylic acids is 1. The molecule has 1 aromatic rings. The summed E-state index contributed by atoms with van der Waals surface area (Å²) in [5.74, 6) is -0.211. The Morgan fingerprint density at radius 1 is 1.27 bits per heavy atom. The van der Waals surface area contributed by atoms with Crippen LogP contribution in [0.1, 0.15) is 20.8 Å². The van der Waals surface area contributed by atoms with Crippen LogP contribution in [0, 0.1) is 0 Å². The van der Waals surface area contributed by atoms with Crippen LogP contribution in [0.5, 0.6) is 0 Å². The lowest BCUT2D eigenvalue weighted by molar-refractivity contribution is -0.140. The van der Waals surface area contributed by atoms with Crippen molar-refractivity contribution in [3.05, 3.63) is 30.6 Å². The molecule has 4 nitrogen and oxygen atoms in total. The molecule has 0 saturated carbocycles. The van der Waals surface area contributed by atoms with Gasteiger partial charge in [0.15, 0.2) is 0 Å².